The van der Waals surface area contributed by atoms with Crippen molar-refractivity contribution in [2.45, 2.75) is 44.7 Å². The normalized spacial score (nSPS) is 29.2. The summed E-state index contributed by atoms with van der Waals surface area (Å²) in [7, 11) is 0. The first-order valence-electron chi connectivity index (χ1n) is 4.90. The van der Waals surface area contributed by atoms with E-state index in [1.807, 2.05) is 0 Å². The molecule has 0 aromatic rings. The van der Waals surface area contributed by atoms with Gasteiger partial charge in [0, 0.05) is 5.54 Å². The lowest BCUT2D eigenvalue weighted by Gasteiger charge is -2.51. The first-order valence-corrected chi connectivity index (χ1v) is 4.90. The van der Waals surface area contributed by atoms with Gasteiger partial charge in [-0.15, -0.1) is 0 Å². The minimum Gasteiger partial charge on any atom is -0.377 e. The molecule has 2 heterocycles. The highest BCUT2D eigenvalue weighted by atomic mass is 16.5. The van der Waals surface area contributed by atoms with Gasteiger partial charge in [-0.3, -0.25) is 4.90 Å². The van der Waals surface area contributed by atoms with Gasteiger partial charge >= 0.3 is 0 Å². The molecule has 2 aliphatic heterocycles. The Labute approximate surface area is 74.9 Å². The maximum atomic E-state index is 5.34. The molecule has 0 radical (unpaired) electrons. The molecule has 2 saturated heterocycles. The van der Waals surface area contributed by atoms with E-state index in [1.54, 1.807) is 0 Å². The number of nitrogens with zero attached hydrogens (tertiary/aromatic N) is 1. The molecule has 2 fully saturated rings. The number of likely N-dealkylation sites (tertiary alicyclic amines) is 1. The van der Waals surface area contributed by atoms with Crippen LogP contribution >= 0.6 is 0 Å². The Morgan fingerprint density at radius 1 is 1.25 bits per heavy atom. The third-order valence-electron chi connectivity index (χ3n) is 3.15. The van der Waals surface area contributed by atoms with Gasteiger partial charge in [0.05, 0.1) is 18.8 Å². The van der Waals surface area contributed by atoms with Crippen LogP contribution in [0.25, 0.3) is 0 Å². The first kappa shape index (κ1) is 8.52. The van der Waals surface area contributed by atoms with Crippen LogP contribution in [0, 0.1) is 0 Å². The molecule has 70 valence electrons. The summed E-state index contributed by atoms with van der Waals surface area (Å²) < 4.78 is 5.34. The van der Waals surface area contributed by atoms with Crippen LogP contribution in [0.3, 0.4) is 0 Å². The third kappa shape index (κ3) is 1.09. The van der Waals surface area contributed by atoms with E-state index >= 15 is 0 Å². The predicted octanol–water partition coefficient (Wildman–Crippen LogP) is 1.65. The number of ether oxygens (including phenoxy) is 1. The van der Waals surface area contributed by atoms with Crippen molar-refractivity contribution >= 4 is 0 Å². The van der Waals surface area contributed by atoms with Gasteiger partial charge in [-0.1, -0.05) is 0 Å². The predicted molar refractivity (Wildman–Crippen MR) is 49.2 cm³/mol. The summed E-state index contributed by atoms with van der Waals surface area (Å²) in [5, 5.41) is 0. The van der Waals surface area contributed by atoms with E-state index in [0.717, 1.165) is 13.2 Å². The lowest BCUT2D eigenvalue weighted by Crippen LogP contribution is -2.63. The summed E-state index contributed by atoms with van der Waals surface area (Å²) in [6.07, 6.45) is 2.69. The van der Waals surface area contributed by atoms with Gasteiger partial charge in [0.15, 0.2) is 0 Å². The fraction of sp³-hybridized carbons (Fsp3) is 1.00. The average molecular weight is 169 g/mol. The molecule has 2 aliphatic rings. The maximum Gasteiger partial charge on any atom is 0.0683 e. The summed E-state index contributed by atoms with van der Waals surface area (Å²) in [6, 6.07) is 0. The van der Waals surface area contributed by atoms with E-state index in [4.69, 9.17) is 4.74 Å². The molecule has 0 unspecified atom stereocenters. The molecule has 2 heteroatoms. The Morgan fingerprint density at radius 3 is 2.25 bits per heavy atom. The van der Waals surface area contributed by atoms with E-state index < -0.39 is 0 Å². The lowest BCUT2D eigenvalue weighted by atomic mass is 9.90. The zero-order valence-electron chi connectivity index (χ0n) is 8.39. The van der Waals surface area contributed by atoms with Gasteiger partial charge < -0.3 is 4.74 Å². The summed E-state index contributed by atoms with van der Waals surface area (Å²) in [5.41, 5.74) is 0.749. The Bertz CT molecular complexity index is 179. The van der Waals surface area contributed by atoms with E-state index in [1.165, 1.54) is 19.4 Å². The fourth-order valence-electron chi connectivity index (χ4n) is 2.62. The van der Waals surface area contributed by atoms with Crippen LogP contribution in [0.5, 0.6) is 0 Å². The van der Waals surface area contributed by atoms with Crippen LogP contribution in [0.1, 0.15) is 33.6 Å². The minimum atomic E-state index is 0.320. The van der Waals surface area contributed by atoms with Crippen molar-refractivity contribution in [1.82, 2.24) is 4.90 Å². The van der Waals surface area contributed by atoms with E-state index in [2.05, 4.69) is 25.7 Å². The van der Waals surface area contributed by atoms with Crippen LogP contribution in [0.4, 0.5) is 0 Å². The third-order valence-corrected chi connectivity index (χ3v) is 3.15. The van der Waals surface area contributed by atoms with Gasteiger partial charge in [0.1, 0.15) is 0 Å². The van der Waals surface area contributed by atoms with Crippen molar-refractivity contribution < 1.29 is 4.74 Å². The van der Waals surface area contributed by atoms with E-state index in [0.29, 0.717) is 11.1 Å². The zero-order valence-corrected chi connectivity index (χ0v) is 8.39. The molecule has 2 rings (SSSR count). The van der Waals surface area contributed by atoms with E-state index in [9.17, 15) is 0 Å². The Kier molecular flexibility index (Phi) is 1.74. The monoisotopic (exact) mass is 169 g/mol. The molecule has 0 aromatic carbocycles. The summed E-state index contributed by atoms with van der Waals surface area (Å²) >= 11 is 0. The van der Waals surface area contributed by atoms with Gasteiger partial charge in [-0.05, 0) is 40.2 Å². The zero-order chi connectivity index (χ0) is 8.82. The first-order chi connectivity index (χ1) is 5.55. The summed E-state index contributed by atoms with van der Waals surface area (Å²) in [4.78, 5) is 2.63. The second-order valence-corrected chi connectivity index (χ2v) is 5.14. The molecule has 0 aromatic heterocycles. The summed E-state index contributed by atoms with van der Waals surface area (Å²) in [6.45, 7) is 10.1. The summed E-state index contributed by atoms with van der Waals surface area (Å²) in [5.74, 6) is 0. The molecule has 1 spiro atoms. The smallest absolute Gasteiger partial charge is 0.0683 e. The molecule has 0 atom stereocenters. The van der Waals surface area contributed by atoms with Crippen LogP contribution in [0.15, 0.2) is 0 Å². The largest absolute Gasteiger partial charge is 0.377 e. The second-order valence-electron chi connectivity index (χ2n) is 5.14. The molecule has 12 heavy (non-hydrogen) atoms. The molecule has 2 nitrogen and oxygen atoms in total. The molecule has 0 amide bonds. The minimum absolute atomic E-state index is 0.320. The van der Waals surface area contributed by atoms with E-state index in [-0.39, 0.29) is 0 Å². The molecular weight excluding hydrogens is 150 g/mol. The van der Waals surface area contributed by atoms with Crippen LogP contribution in [-0.4, -0.2) is 35.7 Å². The quantitative estimate of drug-likeness (QED) is 0.546. The molecular formula is C10H19NO. The molecule has 0 aliphatic carbocycles. The van der Waals surface area contributed by atoms with Crippen molar-refractivity contribution in [3.05, 3.63) is 0 Å². The molecule has 0 saturated carbocycles. The molecule has 0 N–H and O–H groups in total. The highest BCUT2D eigenvalue weighted by Gasteiger charge is 2.50. The average Bonchev–Trinajstić information content (AvgIpc) is 2.25. The van der Waals surface area contributed by atoms with Crippen molar-refractivity contribution in [2.24, 2.45) is 0 Å². The number of hydrogen-bond donors (Lipinski definition) is 0. The standard InChI is InChI=1S/C10H19NO/c1-9(2,3)11-6-4-5-10(11)7-12-8-10/h4-8H2,1-3H3. The second kappa shape index (κ2) is 2.46. The van der Waals surface area contributed by atoms with Crippen molar-refractivity contribution in [3.8, 4) is 0 Å². The van der Waals surface area contributed by atoms with Crippen molar-refractivity contribution in [3.63, 3.8) is 0 Å². The number of rotatable bonds is 0. The Hall–Kier alpha value is -0.0800. The highest BCUT2D eigenvalue weighted by molar-refractivity contribution is 5.04. The fourth-order valence-corrected chi connectivity index (χ4v) is 2.62. The van der Waals surface area contributed by atoms with Crippen molar-refractivity contribution in [1.29, 1.82) is 0 Å². The van der Waals surface area contributed by atoms with Crippen LogP contribution < -0.4 is 0 Å². The van der Waals surface area contributed by atoms with Gasteiger partial charge in [0.25, 0.3) is 0 Å². The van der Waals surface area contributed by atoms with Crippen LogP contribution in [0.2, 0.25) is 0 Å². The van der Waals surface area contributed by atoms with Gasteiger partial charge in [-0.25, -0.2) is 0 Å². The number of hydrogen-bond acceptors (Lipinski definition) is 2. The SMILES string of the molecule is CC(C)(C)N1CCCC12COC2. The Morgan fingerprint density at radius 2 is 1.92 bits per heavy atom. The van der Waals surface area contributed by atoms with Crippen molar-refractivity contribution in [2.75, 3.05) is 19.8 Å². The Balaban J connectivity index is 2.14. The van der Waals surface area contributed by atoms with Crippen LogP contribution in [-0.2, 0) is 4.74 Å². The van der Waals surface area contributed by atoms with Gasteiger partial charge in [0.2, 0.25) is 0 Å². The van der Waals surface area contributed by atoms with Gasteiger partial charge in [-0.2, -0.15) is 0 Å². The topological polar surface area (TPSA) is 12.5 Å². The lowest BCUT2D eigenvalue weighted by molar-refractivity contribution is -0.146. The molecule has 0 bridgehead atoms. The highest BCUT2D eigenvalue weighted by Crippen LogP contribution is 2.40. The maximum absolute atomic E-state index is 5.34.